The van der Waals surface area contributed by atoms with E-state index in [9.17, 15) is 0 Å². The number of para-hydroxylation sites is 2. The average Bonchev–Trinajstić information content (AvgIpc) is 2.96. The lowest BCUT2D eigenvalue weighted by molar-refractivity contribution is 0.404. The molecule has 0 N–H and O–H groups in total. The first-order valence-electron chi connectivity index (χ1n) is 8.87. The highest BCUT2D eigenvalue weighted by atomic mass is 16.5. The van der Waals surface area contributed by atoms with Crippen LogP contribution in [0.4, 0.5) is 0 Å². The molecular formula is C24H19NO. The summed E-state index contributed by atoms with van der Waals surface area (Å²) < 4.78 is 5.72. The van der Waals surface area contributed by atoms with Gasteiger partial charge in [-0.3, -0.25) is 0 Å². The lowest BCUT2D eigenvalue weighted by Gasteiger charge is -2.29. The summed E-state index contributed by atoms with van der Waals surface area (Å²) in [6.45, 7) is 2.28. The molecule has 0 amide bonds. The van der Waals surface area contributed by atoms with Crippen molar-refractivity contribution in [3.63, 3.8) is 0 Å². The predicted octanol–water partition coefficient (Wildman–Crippen LogP) is 5.58. The van der Waals surface area contributed by atoms with Crippen LogP contribution >= 0.6 is 0 Å². The lowest BCUT2D eigenvalue weighted by Crippen LogP contribution is -2.23. The number of benzene rings is 3. The van der Waals surface area contributed by atoms with Crippen molar-refractivity contribution < 1.29 is 4.74 Å². The molecular weight excluding hydrogens is 318 g/mol. The Bertz CT molecular complexity index is 1150. The van der Waals surface area contributed by atoms with E-state index in [0.29, 0.717) is 0 Å². The van der Waals surface area contributed by atoms with Gasteiger partial charge in [0.15, 0.2) is 0 Å². The van der Waals surface area contributed by atoms with Gasteiger partial charge in [0.05, 0.1) is 18.3 Å². The maximum atomic E-state index is 5.72. The second kappa shape index (κ2) is 5.43. The fourth-order valence-corrected chi connectivity index (χ4v) is 4.32. The van der Waals surface area contributed by atoms with Crippen LogP contribution in [-0.2, 0) is 5.41 Å². The van der Waals surface area contributed by atoms with Gasteiger partial charge in [0.1, 0.15) is 5.75 Å². The summed E-state index contributed by atoms with van der Waals surface area (Å²) in [5.41, 5.74) is 6.71. The van der Waals surface area contributed by atoms with E-state index < -0.39 is 0 Å². The van der Waals surface area contributed by atoms with Crippen LogP contribution in [0.3, 0.4) is 0 Å². The largest absolute Gasteiger partial charge is 0.496 e. The van der Waals surface area contributed by atoms with Gasteiger partial charge in [0, 0.05) is 21.9 Å². The fraction of sp³-hybridized carbons (Fsp3) is 0.125. The molecule has 1 aliphatic rings. The third kappa shape index (κ3) is 1.90. The van der Waals surface area contributed by atoms with E-state index in [4.69, 9.17) is 9.72 Å². The average molecular weight is 337 g/mol. The summed E-state index contributed by atoms with van der Waals surface area (Å²) in [6.07, 6.45) is 0. The molecule has 3 aromatic carbocycles. The monoisotopic (exact) mass is 337 g/mol. The minimum Gasteiger partial charge on any atom is -0.496 e. The molecule has 2 nitrogen and oxygen atoms in total. The Morgan fingerprint density at radius 3 is 2.31 bits per heavy atom. The zero-order valence-electron chi connectivity index (χ0n) is 14.9. The van der Waals surface area contributed by atoms with E-state index in [0.717, 1.165) is 17.0 Å². The third-order valence-electron chi connectivity index (χ3n) is 5.63. The van der Waals surface area contributed by atoms with Gasteiger partial charge in [-0.15, -0.1) is 0 Å². The molecule has 126 valence electrons. The molecule has 0 saturated heterocycles. The molecule has 1 unspecified atom stereocenters. The van der Waals surface area contributed by atoms with E-state index in [1.165, 1.54) is 27.6 Å². The Morgan fingerprint density at radius 2 is 1.46 bits per heavy atom. The molecule has 0 radical (unpaired) electrons. The van der Waals surface area contributed by atoms with Gasteiger partial charge in [-0.05, 0) is 36.2 Å². The zero-order chi connectivity index (χ0) is 17.7. The molecule has 1 aromatic heterocycles. The van der Waals surface area contributed by atoms with E-state index in [2.05, 4.69) is 67.6 Å². The molecule has 0 aliphatic heterocycles. The highest BCUT2D eigenvalue weighted by Gasteiger charge is 2.43. The highest BCUT2D eigenvalue weighted by molar-refractivity contribution is 5.89. The SMILES string of the molecule is COc1ccccc1C1(C)c2ccccc2-c2nc3ccccc3cc21. The van der Waals surface area contributed by atoms with Gasteiger partial charge in [-0.1, -0.05) is 60.7 Å². The smallest absolute Gasteiger partial charge is 0.123 e. The van der Waals surface area contributed by atoms with Crippen LogP contribution in [0.25, 0.3) is 22.2 Å². The van der Waals surface area contributed by atoms with E-state index in [1.807, 2.05) is 18.2 Å². The first-order chi connectivity index (χ1) is 12.7. The molecule has 0 fully saturated rings. The third-order valence-corrected chi connectivity index (χ3v) is 5.63. The van der Waals surface area contributed by atoms with Crippen LogP contribution in [0.15, 0.2) is 78.9 Å². The summed E-state index contributed by atoms with van der Waals surface area (Å²) in [5.74, 6) is 0.908. The summed E-state index contributed by atoms with van der Waals surface area (Å²) in [7, 11) is 1.74. The Morgan fingerprint density at radius 1 is 0.769 bits per heavy atom. The number of rotatable bonds is 2. The Labute approximate surface area is 153 Å². The van der Waals surface area contributed by atoms with Crippen molar-refractivity contribution in [2.45, 2.75) is 12.3 Å². The molecule has 1 atom stereocenters. The maximum Gasteiger partial charge on any atom is 0.123 e. The second-order valence-electron chi connectivity index (χ2n) is 6.95. The van der Waals surface area contributed by atoms with Crippen LogP contribution < -0.4 is 4.74 Å². The number of fused-ring (bicyclic) bond motifs is 4. The van der Waals surface area contributed by atoms with Crippen molar-refractivity contribution in [3.8, 4) is 17.0 Å². The van der Waals surface area contributed by atoms with Crippen LogP contribution in [0, 0.1) is 0 Å². The number of methoxy groups -OCH3 is 1. The Balaban J connectivity index is 1.91. The van der Waals surface area contributed by atoms with Gasteiger partial charge < -0.3 is 4.74 Å². The predicted molar refractivity (Wildman–Crippen MR) is 106 cm³/mol. The molecule has 26 heavy (non-hydrogen) atoms. The van der Waals surface area contributed by atoms with Crippen molar-refractivity contribution in [3.05, 3.63) is 95.6 Å². The first-order valence-corrected chi connectivity index (χ1v) is 8.87. The van der Waals surface area contributed by atoms with Crippen LogP contribution in [0.1, 0.15) is 23.6 Å². The molecule has 0 spiro atoms. The van der Waals surface area contributed by atoms with Gasteiger partial charge in [0.2, 0.25) is 0 Å². The highest BCUT2D eigenvalue weighted by Crippen LogP contribution is 2.53. The molecule has 1 heterocycles. The quantitative estimate of drug-likeness (QED) is 0.476. The summed E-state index contributed by atoms with van der Waals surface area (Å²) >= 11 is 0. The minimum absolute atomic E-state index is 0.296. The van der Waals surface area contributed by atoms with Crippen molar-refractivity contribution in [1.82, 2.24) is 4.98 Å². The topological polar surface area (TPSA) is 22.1 Å². The maximum absolute atomic E-state index is 5.72. The molecule has 2 heteroatoms. The summed E-state index contributed by atoms with van der Waals surface area (Å²) in [6, 6.07) is 27.5. The van der Waals surface area contributed by atoms with Gasteiger partial charge >= 0.3 is 0 Å². The van der Waals surface area contributed by atoms with E-state index >= 15 is 0 Å². The summed E-state index contributed by atoms with van der Waals surface area (Å²) in [4.78, 5) is 5.03. The van der Waals surface area contributed by atoms with E-state index in [1.54, 1.807) is 7.11 Å². The normalized spacial score (nSPS) is 17.8. The number of pyridine rings is 1. The van der Waals surface area contributed by atoms with Crippen LogP contribution in [0.5, 0.6) is 5.75 Å². The van der Waals surface area contributed by atoms with Gasteiger partial charge in [0.25, 0.3) is 0 Å². The molecule has 0 bridgehead atoms. The van der Waals surface area contributed by atoms with Crippen molar-refractivity contribution >= 4 is 10.9 Å². The second-order valence-corrected chi connectivity index (χ2v) is 6.95. The van der Waals surface area contributed by atoms with Crippen LogP contribution in [-0.4, -0.2) is 12.1 Å². The Hall–Kier alpha value is -3.13. The van der Waals surface area contributed by atoms with Crippen molar-refractivity contribution in [2.75, 3.05) is 7.11 Å². The lowest BCUT2D eigenvalue weighted by atomic mass is 9.74. The number of hydrogen-bond donors (Lipinski definition) is 0. The molecule has 5 rings (SSSR count). The number of nitrogens with zero attached hydrogens (tertiary/aromatic N) is 1. The van der Waals surface area contributed by atoms with Crippen LogP contribution in [0.2, 0.25) is 0 Å². The molecule has 1 aliphatic carbocycles. The number of ether oxygens (including phenoxy) is 1. The van der Waals surface area contributed by atoms with E-state index in [-0.39, 0.29) is 5.41 Å². The zero-order valence-corrected chi connectivity index (χ0v) is 14.9. The standard InChI is InChI=1S/C24H19NO/c1-24(19-12-6-8-14-22(19)26-2)18-11-5-4-10-17(18)23-20(24)15-16-9-3-7-13-21(16)25-23/h3-15H,1-2H3. The fourth-order valence-electron chi connectivity index (χ4n) is 4.32. The van der Waals surface area contributed by atoms with Crippen molar-refractivity contribution in [1.29, 1.82) is 0 Å². The number of aromatic nitrogens is 1. The Kier molecular flexibility index (Phi) is 3.17. The number of hydrogen-bond acceptors (Lipinski definition) is 2. The minimum atomic E-state index is -0.296. The molecule has 4 aromatic rings. The van der Waals surface area contributed by atoms with Gasteiger partial charge in [-0.25, -0.2) is 4.98 Å². The van der Waals surface area contributed by atoms with Crippen molar-refractivity contribution in [2.24, 2.45) is 0 Å². The first kappa shape index (κ1) is 15.2. The van der Waals surface area contributed by atoms with Gasteiger partial charge in [-0.2, -0.15) is 0 Å². The summed E-state index contributed by atoms with van der Waals surface area (Å²) in [5, 5.41) is 1.17. The molecule has 0 saturated carbocycles.